The van der Waals surface area contributed by atoms with Crippen LogP contribution in [0.4, 0.5) is 0 Å². The number of carbonyl (C=O) groups is 2. The predicted octanol–water partition coefficient (Wildman–Crippen LogP) is 3.68. The molecule has 0 bridgehead atoms. The summed E-state index contributed by atoms with van der Waals surface area (Å²) in [5.74, 6) is 0.0150. The maximum Gasteiger partial charge on any atom is 0.243 e. The van der Waals surface area contributed by atoms with Crippen LogP contribution < -0.4 is 11.1 Å². The van der Waals surface area contributed by atoms with Gasteiger partial charge in [-0.25, -0.2) is 0 Å². The smallest absolute Gasteiger partial charge is 0.243 e. The maximum atomic E-state index is 13.1. The largest absolute Gasteiger partial charge is 0.348 e. The lowest BCUT2D eigenvalue weighted by Crippen LogP contribution is -2.55. The van der Waals surface area contributed by atoms with E-state index >= 15 is 0 Å². The average Bonchev–Trinajstić information content (AvgIpc) is 3.31. The normalized spacial score (nSPS) is 23.3. The summed E-state index contributed by atoms with van der Waals surface area (Å²) in [6.45, 7) is 12.5. The van der Waals surface area contributed by atoms with Crippen LogP contribution in [0, 0.1) is 11.3 Å². The third kappa shape index (κ3) is 5.06. The van der Waals surface area contributed by atoms with Crippen molar-refractivity contribution < 1.29 is 9.59 Å². The molecule has 1 saturated heterocycles. The Morgan fingerprint density at radius 2 is 1.87 bits per heavy atom. The number of benzene rings is 1. The molecule has 1 unspecified atom stereocenters. The van der Waals surface area contributed by atoms with E-state index in [2.05, 4.69) is 41.5 Å². The topological polar surface area (TPSA) is 87.8 Å². The maximum absolute atomic E-state index is 13.1. The standard InChI is InChI=1S/C25H36N4O2/c1-15-13-21(29(14-15)24(31)22(26)25(4,5)6)23(30)28-16(2)18-7-9-19(10-8-18)20-11-12-27-17(20)3/h7-10,12,15-16,21-22H,11,13-14,26H2,1-6H3,(H,28,30)/t15-,16+,21?,22-/m1/s1. The minimum atomic E-state index is -0.629. The first-order valence-electron chi connectivity index (χ1n) is 11.2. The van der Waals surface area contributed by atoms with E-state index in [1.807, 2.05) is 40.8 Å². The van der Waals surface area contributed by atoms with Crippen LogP contribution in [0.25, 0.3) is 5.57 Å². The summed E-state index contributed by atoms with van der Waals surface area (Å²) >= 11 is 0. The van der Waals surface area contributed by atoms with E-state index in [1.54, 1.807) is 4.90 Å². The molecule has 1 aromatic carbocycles. The molecule has 2 aliphatic rings. The Morgan fingerprint density at radius 3 is 2.42 bits per heavy atom. The molecule has 6 heteroatoms. The van der Waals surface area contributed by atoms with Gasteiger partial charge in [0.15, 0.2) is 0 Å². The molecule has 0 aliphatic carbocycles. The average molecular weight is 425 g/mol. The van der Waals surface area contributed by atoms with Crippen molar-refractivity contribution in [1.29, 1.82) is 0 Å². The van der Waals surface area contributed by atoms with Crippen LogP contribution >= 0.6 is 0 Å². The zero-order chi connectivity index (χ0) is 22.9. The Bertz CT molecular complexity index is 895. The molecule has 31 heavy (non-hydrogen) atoms. The van der Waals surface area contributed by atoms with Crippen molar-refractivity contribution in [3.05, 3.63) is 41.1 Å². The SMILES string of the molecule is CC1=C(c2ccc([C@H](C)NC(=O)C3C[C@@H](C)CN3C(=O)[C@@H](N)C(C)(C)C)cc2)CC=N1. The van der Waals surface area contributed by atoms with E-state index in [-0.39, 0.29) is 29.2 Å². The van der Waals surface area contributed by atoms with E-state index in [4.69, 9.17) is 5.73 Å². The summed E-state index contributed by atoms with van der Waals surface area (Å²) in [5, 5.41) is 3.11. The number of likely N-dealkylation sites (tertiary alicyclic amines) is 1. The highest BCUT2D eigenvalue weighted by molar-refractivity contribution is 5.91. The quantitative estimate of drug-likeness (QED) is 0.756. The van der Waals surface area contributed by atoms with Crippen LogP contribution in [0.3, 0.4) is 0 Å². The van der Waals surface area contributed by atoms with Gasteiger partial charge in [0.05, 0.1) is 12.1 Å². The Balaban J connectivity index is 1.68. The minimum Gasteiger partial charge on any atom is -0.348 e. The second-order valence-electron chi connectivity index (χ2n) is 10.1. The lowest BCUT2D eigenvalue weighted by atomic mass is 9.86. The molecule has 2 aliphatic heterocycles. The van der Waals surface area contributed by atoms with Gasteiger partial charge in [-0.05, 0) is 48.3 Å². The van der Waals surface area contributed by atoms with Gasteiger partial charge in [0.1, 0.15) is 6.04 Å². The molecule has 6 nitrogen and oxygen atoms in total. The summed E-state index contributed by atoms with van der Waals surface area (Å²) in [6.07, 6.45) is 3.45. The molecule has 0 radical (unpaired) electrons. The molecule has 3 N–H and O–H groups in total. The Morgan fingerprint density at radius 1 is 1.23 bits per heavy atom. The number of aliphatic imine (C=N–C) groups is 1. The van der Waals surface area contributed by atoms with Crippen molar-refractivity contribution in [3.63, 3.8) is 0 Å². The Kier molecular flexibility index (Phi) is 6.70. The number of carbonyl (C=O) groups excluding carboxylic acids is 2. The van der Waals surface area contributed by atoms with Gasteiger partial charge in [0.2, 0.25) is 11.8 Å². The van der Waals surface area contributed by atoms with E-state index in [0.717, 1.165) is 23.2 Å². The molecule has 168 valence electrons. The highest BCUT2D eigenvalue weighted by atomic mass is 16.2. The van der Waals surface area contributed by atoms with Gasteiger partial charge in [0.25, 0.3) is 0 Å². The van der Waals surface area contributed by atoms with Crippen LogP contribution in [0.5, 0.6) is 0 Å². The summed E-state index contributed by atoms with van der Waals surface area (Å²) in [6, 6.07) is 7.02. The first kappa shape index (κ1) is 23.2. The highest BCUT2D eigenvalue weighted by Crippen LogP contribution is 2.29. The number of rotatable bonds is 5. The molecular formula is C25H36N4O2. The number of hydrogen-bond acceptors (Lipinski definition) is 4. The minimum absolute atomic E-state index is 0.113. The number of hydrogen-bond donors (Lipinski definition) is 2. The summed E-state index contributed by atoms with van der Waals surface area (Å²) < 4.78 is 0. The Labute approximate surface area is 186 Å². The first-order chi connectivity index (χ1) is 14.5. The van der Waals surface area contributed by atoms with Crippen LogP contribution in [-0.4, -0.2) is 41.6 Å². The monoisotopic (exact) mass is 424 g/mol. The third-order valence-electron chi connectivity index (χ3n) is 6.43. The number of nitrogens with zero attached hydrogens (tertiary/aromatic N) is 2. The fourth-order valence-corrected chi connectivity index (χ4v) is 4.28. The van der Waals surface area contributed by atoms with Crippen molar-refractivity contribution in [2.75, 3.05) is 6.54 Å². The van der Waals surface area contributed by atoms with Crippen LogP contribution in [0.15, 0.2) is 35.0 Å². The lowest BCUT2D eigenvalue weighted by molar-refractivity contribution is -0.141. The fraction of sp³-hybridized carbons (Fsp3) is 0.560. The Hall–Kier alpha value is -2.47. The molecule has 1 aromatic rings. The molecule has 2 heterocycles. The molecule has 0 aromatic heterocycles. The van der Waals surface area contributed by atoms with E-state index in [0.29, 0.717) is 13.0 Å². The van der Waals surface area contributed by atoms with E-state index < -0.39 is 12.1 Å². The first-order valence-corrected chi connectivity index (χ1v) is 11.2. The third-order valence-corrected chi connectivity index (χ3v) is 6.43. The van der Waals surface area contributed by atoms with Gasteiger partial charge < -0.3 is 16.0 Å². The molecule has 0 saturated carbocycles. The van der Waals surface area contributed by atoms with Crippen molar-refractivity contribution >= 4 is 23.6 Å². The number of allylic oxidation sites excluding steroid dienone is 2. The van der Waals surface area contributed by atoms with E-state index in [1.165, 1.54) is 5.57 Å². The van der Waals surface area contributed by atoms with Gasteiger partial charge in [-0.2, -0.15) is 0 Å². The van der Waals surface area contributed by atoms with Crippen LogP contribution in [0.1, 0.15) is 71.6 Å². The lowest BCUT2D eigenvalue weighted by Gasteiger charge is -2.33. The second-order valence-corrected chi connectivity index (χ2v) is 10.1. The molecule has 1 fully saturated rings. The second kappa shape index (κ2) is 8.95. The fourth-order valence-electron chi connectivity index (χ4n) is 4.28. The highest BCUT2D eigenvalue weighted by Gasteiger charge is 2.42. The molecular weight excluding hydrogens is 388 g/mol. The zero-order valence-electron chi connectivity index (χ0n) is 19.6. The molecule has 4 atom stereocenters. The predicted molar refractivity (Wildman–Crippen MR) is 125 cm³/mol. The van der Waals surface area contributed by atoms with Crippen molar-refractivity contribution in [1.82, 2.24) is 10.2 Å². The van der Waals surface area contributed by atoms with Gasteiger partial charge in [-0.3, -0.25) is 14.6 Å². The van der Waals surface area contributed by atoms with Crippen molar-refractivity contribution in [2.45, 2.75) is 72.5 Å². The number of nitrogens with one attached hydrogen (secondary N) is 1. The summed E-state index contributed by atoms with van der Waals surface area (Å²) in [4.78, 5) is 32.1. The summed E-state index contributed by atoms with van der Waals surface area (Å²) in [7, 11) is 0. The van der Waals surface area contributed by atoms with Crippen molar-refractivity contribution in [3.8, 4) is 0 Å². The molecule has 0 spiro atoms. The number of nitrogens with two attached hydrogens (primary N) is 1. The van der Waals surface area contributed by atoms with E-state index in [9.17, 15) is 9.59 Å². The van der Waals surface area contributed by atoms with Gasteiger partial charge in [-0.1, -0.05) is 52.0 Å². The van der Waals surface area contributed by atoms with Crippen molar-refractivity contribution in [2.24, 2.45) is 22.1 Å². The molecule has 2 amide bonds. The van der Waals surface area contributed by atoms with Crippen LogP contribution in [0.2, 0.25) is 0 Å². The van der Waals surface area contributed by atoms with Gasteiger partial charge in [-0.15, -0.1) is 0 Å². The molecule has 3 rings (SSSR count). The van der Waals surface area contributed by atoms with Gasteiger partial charge >= 0.3 is 0 Å². The van der Waals surface area contributed by atoms with Gasteiger partial charge in [0, 0.05) is 24.9 Å². The number of amides is 2. The summed E-state index contributed by atoms with van der Waals surface area (Å²) in [5.41, 5.74) is 10.4. The zero-order valence-corrected chi connectivity index (χ0v) is 19.6. The van der Waals surface area contributed by atoms with Crippen LogP contribution in [-0.2, 0) is 9.59 Å².